The smallest absolute Gasteiger partial charge is 0.282 e. The van der Waals surface area contributed by atoms with E-state index in [2.05, 4.69) is 4.72 Å². The van der Waals surface area contributed by atoms with Gasteiger partial charge in [0, 0.05) is 6.54 Å². The monoisotopic (exact) mass is 240 g/mol. The van der Waals surface area contributed by atoms with E-state index in [1.807, 2.05) is 0 Å². The average molecular weight is 240 g/mol. The van der Waals surface area contributed by atoms with Crippen LogP contribution >= 0.6 is 0 Å². The second-order valence-corrected chi connectivity index (χ2v) is 5.30. The third-order valence-electron chi connectivity index (χ3n) is 2.74. The number of rotatable bonds is 0. The Hall–Kier alpha value is -0.290. The molecule has 15 heavy (non-hydrogen) atoms. The highest BCUT2D eigenvalue weighted by atomic mass is 32.2. The largest absolute Gasteiger partial charge is 0.389 e. The maximum absolute atomic E-state index is 11.4. The Morgan fingerprint density at radius 2 is 1.67 bits per heavy atom. The number of hydrogen-bond donors (Lipinski definition) is 5. The van der Waals surface area contributed by atoms with Gasteiger partial charge in [-0.15, -0.1) is 0 Å². The van der Waals surface area contributed by atoms with Gasteiger partial charge in [0.05, 0.1) is 6.04 Å². The lowest BCUT2D eigenvalue weighted by Gasteiger charge is -2.41. The van der Waals surface area contributed by atoms with Crippen molar-refractivity contribution in [3.63, 3.8) is 0 Å². The van der Waals surface area contributed by atoms with Crippen LogP contribution in [0.5, 0.6) is 0 Å². The van der Waals surface area contributed by atoms with Gasteiger partial charge in [-0.3, -0.25) is 0 Å². The number of nitrogens with one attached hydrogen (secondary N) is 1. The standard InChI is InChI=1S/C6H12N2O6S/c9-3-2-1-7-15(13,14)8(2)6(12)5(11)4(3)10/h2-7,9-12H,1H2/t2?,3-,4+,5-,6+/m1/s1. The fourth-order valence-electron chi connectivity index (χ4n) is 1.90. The zero-order valence-electron chi connectivity index (χ0n) is 7.55. The summed E-state index contributed by atoms with van der Waals surface area (Å²) in [6, 6.07) is -0.955. The quantitative estimate of drug-likeness (QED) is 0.293. The molecule has 9 heteroatoms. The number of nitrogens with zero attached hydrogens (tertiary/aromatic N) is 1. The summed E-state index contributed by atoms with van der Waals surface area (Å²) < 4.78 is 25.4. The van der Waals surface area contributed by atoms with E-state index < -0.39 is 40.8 Å². The summed E-state index contributed by atoms with van der Waals surface area (Å²) in [6.07, 6.45) is -6.44. The number of aliphatic hydroxyl groups is 4. The highest BCUT2D eigenvalue weighted by molar-refractivity contribution is 7.87. The fourth-order valence-corrected chi connectivity index (χ4v) is 3.39. The lowest BCUT2D eigenvalue weighted by molar-refractivity contribution is -0.186. The minimum atomic E-state index is -3.88. The van der Waals surface area contributed by atoms with Crippen molar-refractivity contribution in [2.24, 2.45) is 0 Å². The van der Waals surface area contributed by atoms with Gasteiger partial charge in [0.2, 0.25) is 0 Å². The maximum Gasteiger partial charge on any atom is 0.282 e. The number of hydrogen-bond acceptors (Lipinski definition) is 6. The number of aliphatic hydroxyl groups excluding tert-OH is 4. The highest BCUT2D eigenvalue weighted by Crippen LogP contribution is 2.28. The van der Waals surface area contributed by atoms with E-state index in [1.165, 1.54) is 0 Å². The van der Waals surface area contributed by atoms with Gasteiger partial charge in [-0.1, -0.05) is 0 Å². The first-order valence-electron chi connectivity index (χ1n) is 4.36. The Bertz CT molecular complexity index is 359. The summed E-state index contributed by atoms with van der Waals surface area (Å²) in [7, 11) is -3.88. The molecule has 0 bridgehead atoms. The molecule has 88 valence electrons. The topological polar surface area (TPSA) is 130 Å². The van der Waals surface area contributed by atoms with Gasteiger partial charge in [-0.25, -0.2) is 4.72 Å². The van der Waals surface area contributed by atoms with E-state index in [0.717, 1.165) is 0 Å². The molecule has 0 aliphatic carbocycles. The second kappa shape index (κ2) is 3.35. The molecule has 0 saturated carbocycles. The normalized spacial score (nSPS) is 50.3. The molecule has 2 rings (SSSR count). The van der Waals surface area contributed by atoms with Gasteiger partial charge in [-0.2, -0.15) is 12.7 Å². The molecular weight excluding hydrogens is 228 g/mol. The van der Waals surface area contributed by atoms with Gasteiger partial charge >= 0.3 is 0 Å². The fraction of sp³-hybridized carbons (Fsp3) is 1.00. The maximum atomic E-state index is 11.4. The molecule has 1 unspecified atom stereocenters. The zero-order chi connectivity index (χ0) is 11.4. The first-order chi connectivity index (χ1) is 6.86. The van der Waals surface area contributed by atoms with Crippen molar-refractivity contribution >= 4 is 10.2 Å². The van der Waals surface area contributed by atoms with Crippen LogP contribution < -0.4 is 4.72 Å². The molecule has 2 saturated heterocycles. The molecule has 2 aliphatic heterocycles. The Labute approximate surface area is 85.9 Å². The van der Waals surface area contributed by atoms with Crippen molar-refractivity contribution in [1.82, 2.24) is 9.03 Å². The van der Waals surface area contributed by atoms with Crippen molar-refractivity contribution < 1.29 is 28.8 Å². The van der Waals surface area contributed by atoms with Gasteiger partial charge in [0.15, 0.2) is 6.23 Å². The average Bonchev–Trinajstić information content (AvgIpc) is 2.48. The van der Waals surface area contributed by atoms with E-state index in [-0.39, 0.29) is 6.54 Å². The molecule has 0 radical (unpaired) electrons. The highest BCUT2D eigenvalue weighted by Gasteiger charge is 2.55. The van der Waals surface area contributed by atoms with Gasteiger partial charge in [0.25, 0.3) is 10.2 Å². The lowest BCUT2D eigenvalue weighted by atomic mass is 9.95. The number of piperidine rings is 1. The Kier molecular flexibility index (Phi) is 2.50. The van der Waals surface area contributed by atoms with Crippen LogP contribution in [0.4, 0.5) is 0 Å². The van der Waals surface area contributed by atoms with Crippen LogP contribution in [0.25, 0.3) is 0 Å². The molecule has 2 aliphatic rings. The molecule has 0 aromatic heterocycles. The van der Waals surface area contributed by atoms with Crippen LogP contribution in [0.3, 0.4) is 0 Å². The summed E-state index contributed by atoms with van der Waals surface area (Å²) in [5.74, 6) is 0. The van der Waals surface area contributed by atoms with E-state index in [1.54, 1.807) is 0 Å². The van der Waals surface area contributed by atoms with E-state index >= 15 is 0 Å². The van der Waals surface area contributed by atoms with Crippen LogP contribution in [-0.2, 0) is 10.2 Å². The van der Waals surface area contributed by atoms with Crippen LogP contribution in [0.15, 0.2) is 0 Å². The SMILES string of the molecule is O=S1(=O)NCC2[C@@H](O)[C@H](O)[C@@H](O)[C@H](O)N21. The van der Waals surface area contributed by atoms with Crippen LogP contribution in [0.1, 0.15) is 0 Å². The van der Waals surface area contributed by atoms with Crippen molar-refractivity contribution in [2.75, 3.05) is 6.54 Å². The van der Waals surface area contributed by atoms with E-state index in [4.69, 9.17) is 0 Å². The minimum absolute atomic E-state index is 0.107. The van der Waals surface area contributed by atoms with E-state index in [0.29, 0.717) is 4.31 Å². The first-order valence-corrected chi connectivity index (χ1v) is 5.80. The molecular formula is C6H12N2O6S. The summed E-state index contributed by atoms with van der Waals surface area (Å²) in [4.78, 5) is 0. The van der Waals surface area contributed by atoms with Crippen molar-refractivity contribution in [1.29, 1.82) is 0 Å². The Morgan fingerprint density at radius 1 is 1.07 bits per heavy atom. The van der Waals surface area contributed by atoms with Gasteiger partial charge < -0.3 is 20.4 Å². The van der Waals surface area contributed by atoms with Crippen molar-refractivity contribution in [2.45, 2.75) is 30.6 Å². The summed E-state index contributed by atoms with van der Waals surface area (Å²) in [5, 5.41) is 37.6. The summed E-state index contributed by atoms with van der Waals surface area (Å²) in [6.45, 7) is -0.107. The van der Waals surface area contributed by atoms with E-state index in [9.17, 15) is 28.8 Å². The molecule has 0 aromatic rings. The van der Waals surface area contributed by atoms with Crippen LogP contribution in [-0.4, -0.2) is 70.3 Å². The predicted octanol–water partition coefficient (Wildman–Crippen LogP) is -4.08. The predicted molar refractivity (Wildman–Crippen MR) is 46.6 cm³/mol. The molecule has 2 heterocycles. The lowest BCUT2D eigenvalue weighted by Crippen LogP contribution is -2.65. The Morgan fingerprint density at radius 3 is 2.27 bits per heavy atom. The molecule has 5 N–H and O–H groups in total. The zero-order valence-corrected chi connectivity index (χ0v) is 8.37. The third-order valence-corrected chi connectivity index (χ3v) is 4.31. The second-order valence-electron chi connectivity index (χ2n) is 3.64. The third kappa shape index (κ3) is 1.47. The van der Waals surface area contributed by atoms with Gasteiger partial charge in [0.1, 0.15) is 18.3 Å². The molecule has 5 atom stereocenters. The molecule has 0 spiro atoms. The first kappa shape index (κ1) is 11.2. The van der Waals surface area contributed by atoms with Crippen LogP contribution in [0.2, 0.25) is 0 Å². The molecule has 0 amide bonds. The Balaban J connectivity index is 2.38. The number of fused-ring (bicyclic) bond motifs is 1. The summed E-state index contributed by atoms with van der Waals surface area (Å²) >= 11 is 0. The molecule has 8 nitrogen and oxygen atoms in total. The molecule has 0 aromatic carbocycles. The molecule has 2 fully saturated rings. The van der Waals surface area contributed by atoms with Crippen molar-refractivity contribution in [3.8, 4) is 0 Å². The van der Waals surface area contributed by atoms with Crippen molar-refractivity contribution in [3.05, 3.63) is 0 Å². The summed E-state index contributed by atoms with van der Waals surface area (Å²) in [5.41, 5.74) is 0. The minimum Gasteiger partial charge on any atom is -0.389 e. The van der Waals surface area contributed by atoms with Crippen LogP contribution in [0, 0.1) is 0 Å². The van der Waals surface area contributed by atoms with Gasteiger partial charge in [-0.05, 0) is 0 Å².